The second-order valence-electron chi connectivity index (χ2n) is 5.58. The molecule has 100 valence electrons. The summed E-state index contributed by atoms with van der Waals surface area (Å²) in [4.78, 5) is 0. The van der Waals surface area contributed by atoms with Crippen LogP contribution in [0.25, 0.3) is 0 Å². The van der Waals surface area contributed by atoms with Crippen molar-refractivity contribution in [3.05, 3.63) is 29.3 Å². The summed E-state index contributed by atoms with van der Waals surface area (Å²) in [5.74, 6) is 1.56. The van der Waals surface area contributed by atoms with Crippen LogP contribution in [0.1, 0.15) is 50.2 Å². The molecule has 1 heterocycles. The van der Waals surface area contributed by atoms with E-state index in [9.17, 15) is 0 Å². The van der Waals surface area contributed by atoms with Crippen LogP contribution in [0, 0.1) is 0 Å². The van der Waals surface area contributed by atoms with E-state index in [1.54, 1.807) is 7.11 Å². The van der Waals surface area contributed by atoms with Crippen LogP contribution in [0.5, 0.6) is 5.75 Å². The van der Waals surface area contributed by atoms with E-state index >= 15 is 0 Å². The van der Waals surface area contributed by atoms with Crippen LogP contribution in [0.4, 0.5) is 0 Å². The number of benzene rings is 1. The summed E-state index contributed by atoms with van der Waals surface area (Å²) in [5.41, 5.74) is 2.69. The maximum Gasteiger partial charge on any atom is 0.122 e. The molecule has 1 N–H and O–H groups in total. The van der Waals surface area contributed by atoms with Gasteiger partial charge in [-0.1, -0.05) is 32.4 Å². The van der Waals surface area contributed by atoms with Gasteiger partial charge in [0.2, 0.25) is 0 Å². The lowest BCUT2D eigenvalue weighted by atomic mass is 9.95. The summed E-state index contributed by atoms with van der Waals surface area (Å²) in [6, 6.07) is 7.34. The first-order chi connectivity index (χ1) is 8.70. The van der Waals surface area contributed by atoms with Crippen molar-refractivity contribution in [2.24, 2.45) is 0 Å². The Morgan fingerprint density at radius 1 is 1.33 bits per heavy atom. The normalized spacial score (nSPS) is 20.1. The van der Waals surface area contributed by atoms with E-state index in [0.717, 1.165) is 12.2 Å². The molecule has 1 aliphatic rings. The molecule has 0 amide bonds. The number of ether oxygens (including phenoxy) is 1. The van der Waals surface area contributed by atoms with Gasteiger partial charge in [-0.2, -0.15) is 0 Å². The fourth-order valence-corrected chi connectivity index (χ4v) is 2.74. The second-order valence-corrected chi connectivity index (χ2v) is 5.58. The molecule has 0 radical (unpaired) electrons. The Bertz CT molecular complexity index is 381. The summed E-state index contributed by atoms with van der Waals surface area (Å²) in [6.07, 6.45) is 5.11. The zero-order valence-corrected chi connectivity index (χ0v) is 11.8. The first-order valence-electron chi connectivity index (χ1n) is 7.11. The summed E-state index contributed by atoms with van der Waals surface area (Å²) >= 11 is 0. The lowest BCUT2D eigenvalue weighted by Gasteiger charge is -2.24. The minimum atomic E-state index is 0.516. The summed E-state index contributed by atoms with van der Waals surface area (Å²) in [5, 5.41) is 3.60. The number of hydrogen-bond donors (Lipinski definition) is 1. The van der Waals surface area contributed by atoms with E-state index < -0.39 is 0 Å². The Kier molecular flexibility index (Phi) is 4.65. The maximum atomic E-state index is 5.52. The van der Waals surface area contributed by atoms with Crippen molar-refractivity contribution in [1.29, 1.82) is 0 Å². The largest absolute Gasteiger partial charge is 0.496 e. The highest BCUT2D eigenvalue weighted by Crippen LogP contribution is 2.28. The molecule has 0 spiro atoms. The lowest BCUT2D eigenvalue weighted by molar-refractivity contribution is 0.394. The highest BCUT2D eigenvalue weighted by Gasteiger charge is 2.14. The smallest absolute Gasteiger partial charge is 0.122 e. The van der Waals surface area contributed by atoms with Gasteiger partial charge < -0.3 is 10.1 Å². The molecule has 18 heavy (non-hydrogen) atoms. The van der Waals surface area contributed by atoms with Crippen LogP contribution in [0.3, 0.4) is 0 Å². The molecule has 2 rings (SSSR count). The van der Waals surface area contributed by atoms with Gasteiger partial charge in [0.05, 0.1) is 7.11 Å². The van der Waals surface area contributed by atoms with E-state index in [1.807, 2.05) is 0 Å². The van der Waals surface area contributed by atoms with Gasteiger partial charge in [0, 0.05) is 6.04 Å². The number of hydrogen-bond acceptors (Lipinski definition) is 2. The van der Waals surface area contributed by atoms with Crippen molar-refractivity contribution in [2.45, 2.75) is 51.5 Å². The minimum absolute atomic E-state index is 0.516. The summed E-state index contributed by atoms with van der Waals surface area (Å²) < 4.78 is 5.52. The molecule has 0 aliphatic carbocycles. The Hall–Kier alpha value is -1.02. The molecule has 0 aromatic heterocycles. The van der Waals surface area contributed by atoms with Gasteiger partial charge in [0.1, 0.15) is 5.75 Å². The third kappa shape index (κ3) is 3.26. The molecule has 0 bridgehead atoms. The van der Waals surface area contributed by atoms with Crippen LogP contribution in [0.15, 0.2) is 18.2 Å². The SMILES string of the molecule is COc1cc(CC2CCCCN2)ccc1C(C)C. The monoisotopic (exact) mass is 247 g/mol. The fraction of sp³-hybridized carbons (Fsp3) is 0.625. The van der Waals surface area contributed by atoms with Crippen molar-refractivity contribution < 1.29 is 4.74 Å². The van der Waals surface area contributed by atoms with Crippen LogP contribution < -0.4 is 10.1 Å². The average Bonchev–Trinajstić information content (AvgIpc) is 2.39. The van der Waals surface area contributed by atoms with Gasteiger partial charge in [-0.15, -0.1) is 0 Å². The van der Waals surface area contributed by atoms with Crippen LogP contribution in [-0.4, -0.2) is 19.7 Å². The molecule has 1 saturated heterocycles. The molecule has 1 atom stereocenters. The first kappa shape index (κ1) is 13.4. The molecule has 2 nitrogen and oxygen atoms in total. The molecule has 1 fully saturated rings. The van der Waals surface area contributed by atoms with Gasteiger partial charge >= 0.3 is 0 Å². The molecular formula is C16H25NO. The first-order valence-corrected chi connectivity index (χ1v) is 7.11. The third-order valence-electron chi connectivity index (χ3n) is 3.81. The van der Waals surface area contributed by atoms with Gasteiger partial charge in [-0.3, -0.25) is 0 Å². The van der Waals surface area contributed by atoms with E-state index in [-0.39, 0.29) is 0 Å². The standard InChI is InChI=1S/C16H25NO/c1-12(2)15-8-7-13(11-16(15)18-3)10-14-6-4-5-9-17-14/h7-8,11-12,14,17H,4-6,9-10H2,1-3H3. The zero-order valence-electron chi connectivity index (χ0n) is 11.8. The minimum Gasteiger partial charge on any atom is -0.496 e. The van der Waals surface area contributed by atoms with Crippen molar-refractivity contribution in [1.82, 2.24) is 5.32 Å². The van der Waals surface area contributed by atoms with Crippen molar-refractivity contribution >= 4 is 0 Å². The molecule has 2 heteroatoms. The number of piperidine rings is 1. The lowest BCUT2D eigenvalue weighted by Crippen LogP contribution is -2.35. The van der Waals surface area contributed by atoms with E-state index in [1.165, 1.54) is 36.9 Å². The third-order valence-corrected chi connectivity index (χ3v) is 3.81. The molecule has 1 aromatic carbocycles. The van der Waals surface area contributed by atoms with E-state index in [4.69, 9.17) is 4.74 Å². The fourth-order valence-electron chi connectivity index (χ4n) is 2.74. The summed E-state index contributed by atoms with van der Waals surface area (Å²) in [7, 11) is 1.77. The van der Waals surface area contributed by atoms with E-state index in [2.05, 4.69) is 37.4 Å². The molecule has 0 saturated carbocycles. The highest BCUT2D eigenvalue weighted by molar-refractivity contribution is 5.39. The quantitative estimate of drug-likeness (QED) is 0.879. The highest BCUT2D eigenvalue weighted by atomic mass is 16.5. The van der Waals surface area contributed by atoms with Gasteiger partial charge in [0.15, 0.2) is 0 Å². The van der Waals surface area contributed by atoms with Gasteiger partial charge in [-0.25, -0.2) is 0 Å². The molecule has 1 aliphatic heterocycles. The molecular weight excluding hydrogens is 222 g/mol. The van der Waals surface area contributed by atoms with Crippen molar-refractivity contribution in [3.63, 3.8) is 0 Å². The van der Waals surface area contributed by atoms with Crippen LogP contribution in [0.2, 0.25) is 0 Å². The molecule has 1 aromatic rings. The van der Waals surface area contributed by atoms with Gasteiger partial charge in [0.25, 0.3) is 0 Å². The number of rotatable bonds is 4. The van der Waals surface area contributed by atoms with Crippen LogP contribution in [-0.2, 0) is 6.42 Å². The zero-order chi connectivity index (χ0) is 13.0. The van der Waals surface area contributed by atoms with Crippen molar-refractivity contribution in [2.75, 3.05) is 13.7 Å². The Morgan fingerprint density at radius 3 is 2.78 bits per heavy atom. The molecule has 1 unspecified atom stereocenters. The van der Waals surface area contributed by atoms with E-state index in [0.29, 0.717) is 12.0 Å². The van der Waals surface area contributed by atoms with Crippen LogP contribution >= 0.6 is 0 Å². The number of nitrogens with one attached hydrogen (secondary N) is 1. The Balaban J connectivity index is 2.09. The second kappa shape index (κ2) is 6.24. The average molecular weight is 247 g/mol. The predicted molar refractivity (Wildman–Crippen MR) is 76.4 cm³/mol. The predicted octanol–water partition coefficient (Wildman–Crippen LogP) is 3.50. The van der Waals surface area contributed by atoms with Crippen molar-refractivity contribution in [3.8, 4) is 5.75 Å². The number of methoxy groups -OCH3 is 1. The van der Waals surface area contributed by atoms with Gasteiger partial charge in [-0.05, 0) is 48.9 Å². The summed E-state index contributed by atoms with van der Waals surface area (Å²) in [6.45, 7) is 5.59. The maximum absolute atomic E-state index is 5.52. The Morgan fingerprint density at radius 2 is 2.17 bits per heavy atom. The Labute approximate surface area is 111 Å². The topological polar surface area (TPSA) is 21.3 Å².